The van der Waals surface area contributed by atoms with Crippen molar-refractivity contribution in [2.24, 2.45) is 0 Å². The number of nitrogens with two attached hydrogens (primary N) is 1. The number of likely N-dealkylation sites (tertiary alicyclic amines) is 1. The van der Waals surface area contributed by atoms with Crippen LogP contribution in [0.25, 0.3) is 11.5 Å². The van der Waals surface area contributed by atoms with Gasteiger partial charge >= 0.3 is 0 Å². The van der Waals surface area contributed by atoms with Crippen LogP contribution in [0.1, 0.15) is 78.7 Å². The van der Waals surface area contributed by atoms with Gasteiger partial charge in [0.1, 0.15) is 12.2 Å². The summed E-state index contributed by atoms with van der Waals surface area (Å²) in [7, 11) is 3.88. The quantitative estimate of drug-likeness (QED) is 0.431. The summed E-state index contributed by atoms with van der Waals surface area (Å²) in [6.45, 7) is 4.38. The first-order chi connectivity index (χ1) is 20.4. The fourth-order valence-electron chi connectivity index (χ4n) is 7.96. The highest BCUT2D eigenvalue weighted by molar-refractivity contribution is 5.68. The fraction of sp³-hybridized carbons (Fsp3) is 0.562. The van der Waals surface area contributed by atoms with Gasteiger partial charge < -0.3 is 24.5 Å². The topological polar surface area (TPSA) is 133 Å². The number of benzene rings is 1. The van der Waals surface area contributed by atoms with E-state index in [4.69, 9.17) is 34.4 Å². The summed E-state index contributed by atoms with van der Waals surface area (Å²) >= 11 is 0. The molecule has 2 aromatic heterocycles. The Morgan fingerprint density at radius 2 is 2.10 bits per heavy atom. The molecule has 42 heavy (non-hydrogen) atoms. The van der Waals surface area contributed by atoms with Gasteiger partial charge in [-0.1, -0.05) is 11.2 Å². The predicted molar refractivity (Wildman–Crippen MR) is 155 cm³/mol. The van der Waals surface area contributed by atoms with E-state index >= 15 is 0 Å². The summed E-state index contributed by atoms with van der Waals surface area (Å²) in [6, 6.07) is 8.36. The van der Waals surface area contributed by atoms with Gasteiger partial charge in [-0.05, 0) is 76.1 Å². The first-order valence-corrected chi connectivity index (χ1v) is 15.1. The molecule has 3 aromatic rings. The maximum absolute atomic E-state index is 10.1. The standard InChI is InChI=1S/C32H38N6O4/c1-18(29-25(39-3)9-13-38(29)2)41-26-15-24(20-10-14-40-17-20)35-31(36-26)28-21-5-4-11-32(30(21)42-37-28)12-8-19-6-7-23(34)22(16-33)27(19)32/h6-7,15,18,20,25,29H,4-5,8-14,17,34H2,1-3H3/t18-,20+,25-,29+,32-/m0/s1. The molecule has 2 saturated heterocycles. The third-order valence-corrected chi connectivity index (χ3v) is 10.0. The lowest BCUT2D eigenvalue weighted by Gasteiger charge is -2.33. The molecule has 0 unspecified atom stereocenters. The lowest BCUT2D eigenvalue weighted by Crippen LogP contribution is -2.44. The molecule has 10 nitrogen and oxygen atoms in total. The highest BCUT2D eigenvalue weighted by Gasteiger charge is 2.49. The van der Waals surface area contributed by atoms with Gasteiger partial charge in [-0.25, -0.2) is 4.98 Å². The molecule has 1 spiro atoms. The molecule has 0 radical (unpaired) electrons. The molecular weight excluding hydrogens is 532 g/mol. The number of nitriles is 1. The number of likely N-dealkylation sites (N-methyl/N-ethyl adjacent to an activating group) is 1. The predicted octanol–water partition coefficient (Wildman–Crippen LogP) is 4.14. The number of aryl methyl sites for hydroxylation is 1. The molecule has 0 saturated carbocycles. The Morgan fingerprint density at radius 1 is 1.21 bits per heavy atom. The Hall–Kier alpha value is -3.52. The summed E-state index contributed by atoms with van der Waals surface area (Å²) in [5, 5.41) is 14.7. The molecule has 10 heteroatoms. The van der Waals surface area contributed by atoms with Crippen LogP contribution in [-0.2, 0) is 27.7 Å². The van der Waals surface area contributed by atoms with Crippen LogP contribution in [0.15, 0.2) is 22.7 Å². The molecule has 2 N–H and O–H groups in total. The molecule has 0 amide bonds. The number of ether oxygens (including phenoxy) is 3. The highest BCUT2D eigenvalue weighted by atomic mass is 16.5. The van der Waals surface area contributed by atoms with Crippen molar-refractivity contribution in [2.45, 2.75) is 81.5 Å². The van der Waals surface area contributed by atoms with Gasteiger partial charge in [0.05, 0.1) is 35.4 Å². The third-order valence-electron chi connectivity index (χ3n) is 10.0. The summed E-state index contributed by atoms with van der Waals surface area (Å²) in [5.41, 5.74) is 11.7. The van der Waals surface area contributed by atoms with E-state index in [2.05, 4.69) is 36.2 Å². The zero-order chi connectivity index (χ0) is 29.0. The fourth-order valence-corrected chi connectivity index (χ4v) is 7.96. The third kappa shape index (κ3) is 4.29. The number of hydrogen-bond acceptors (Lipinski definition) is 10. The van der Waals surface area contributed by atoms with Crippen LogP contribution in [-0.4, -0.2) is 72.2 Å². The Kier molecular flexibility index (Phi) is 6.92. The van der Waals surface area contributed by atoms with E-state index in [-0.39, 0.29) is 24.2 Å². The first-order valence-electron chi connectivity index (χ1n) is 15.1. The van der Waals surface area contributed by atoms with Crippen LogP contribution in [0.5, 0.6) is 5.88 Å². The number of methoxy groups -OCH3 is 1. The van der Waals surface area contributed by atoms with Gasteiger partial charge in [0.25, 0.3) is 0 Å². The van der Waals surface area contributed by atoms with E-state index in [0.717, 1.165) is 74.1 Å². The molecule has 7 rings (SSSR count). The molecule has 4 aliphatic rings. The van der Waals surface area contributed by atoms with Gasteiger partial charge in [-0.3, -0.25) is 4.90 Å². The Bertz CT molecular complexity index is 1540. The van der Waals surface area contributed by atoms with E-state index < -0.39 is 5.41 Å². The van der Waals surface area contributed by atoms with Gasteiger partial charge in [-0.15, -0.1) is 0 Å². The van der Waals surface area contributed by atoms with E-state index in [1.54, 1.807) is 7.11 Å². The van der Waals surface area contributed by atoms with Crippen molar-refractivity contribution in [3.8, 4) is 23.5 Å². The normalized spacial score (nSPS) is 27.6. The van der Waals surface area contributed by atoms with Crippen molar-refractivity contribution in [3.05, 3.63) is 51.9 Å². The SMILES string of the molecule is CO[C@H]1CCN(C)[C@@H]1[C@H](C)Oc1cc([C@@H]2CCOC2)nc(-c2noc3c2CCC[C@@]32CCc3ccc(N)c(C#N)c32)n1. The summed E-state index contributed by atoms with van der Waals surface area (Å²) in [4.78, 5) is 12.2. The van der Waals surface area contributed by atoms with E-state index in [1.165, 1.54) is 5.56 Å². The molecule has 220 valence electrons. The molecule has 4 heterocycles. The first kappa shape index (κ1) is 27.3. The average molecular weight is 571 g/mol. The van der Waals surface area contributed by atoms with Crippen molar-refractivity contribution >= 4 is 5.69 Å². The molecule has 1 aromatic carbocycles. The summed E-state index contributed by atoms with van der Waals surface area (Å²) in [5.74, 6) is 2.03. The Morgan fingerprint density at radius 3 is 2.88 bits per heavy atom. The molecule has 2 fully saturated rings. The van der Waals surface area contributed by atoms with E-state index in [9.17, 15) is 5.26 Å². The molecular formula is C32H38N6O4. The van der Waals surface area contributed by atoms with Crippen LogP contribution in [0.3, 0.4) is 0 Å². The number of aromatic nitrogens is 3. The minimum absolute atomic E-state index is 0.106. The van der Waals surface area contributed by atoms with Crippen molar-refractivity contribution in [1.82, 2.24) is 20.0 Å². The zero-order valence-corrected chi connectivity index (χ0v) is 24.6. The Balaban J connectivity index is 1.29. The van der Waals surface area contributed by atoms with Crippen molar-refractivity contribution < 1.29 is 18.7 Å². The maximum atomic E-state index is 10.1. The largest absolute Gasteiger partial charge is 0.473 e. The second-order valence-electron chi connectivity index (χ2n) is 12.3. The van der Waals surface area contributed by atoms with Crippen LogP contribution < -0.4 is 10.5 Å². The number of nitrogens with zero attached hydrogens (tertiary/aromatic N) is 5. The smallest absolute Gasteiger partial charge is 0.217 e. The second-order valence-corrected chi connectivity index (χ2v) is 12.3. The van der Waals surface area contributed by atoms with Gasteiger partial charge in [0, 0.05) is 43.5 Å². The lowest BCUT2D eigenvalue weighted by molar-refractivity contribution is 0.0173. The number of fused-ring (bicyclic) bond motifs is 4. The van der Waals surface area contributed by atoms with Crippen LogP contribution in [0, 0.1) is 11.3 Å². The van der Waals surface area contributed by atoms with Crippen LogP contribution >= 0.6 is 0 Å². The monoisotopic (exact) mass is 570 g/mol. The van der Waals surface area contributed by atoms with Gasteiger partial charge in [-0.2, -0.15) is 10.2 Å². The number of nitrogen functional groups attached to an aromatic ring is 1. The van der Waals surface area contributed by atoms with Crippen LogP contribution in [0.2, 0.25) is 0 Å². The van der Waals surface area contributed by atoms with Gasteiger partial charge in [0.2, 0.25) is 5.88 Å². The second kappa shape index (κ2) is 10.6. The van der Waals surface area contributed by atoms with E-state index in [1.807, 2.05) is 12.1 Å². The maximum Gasteiger partial charge on any atom is 0.217 e. The van der Waals surface area contributed by atoms with Crippen LogP contribution in [0.4, 0.5) is 5.69 Å². The molecule has 2 aliphatic heterocycles. The minimum atomic E-state index is -0.415. The summed E-state index contributed by atoms with van der Waals surface area (Å²) < 4.78 is 24.2. The molecule has 0 bridgehead atoms. The van der Waals surface area contributed by atoms with Crippen molar-refractivity contribution in [3.63, 3.8) is 0 Å². The van der Waals surface area contributed by atoms with Crippen molar-refractivity contribution in [2.75, 3.05) is 39.6 Å². The highest BCUT2D eigenvalue weighted by Crippen LogP contribution is 2.54. The Labute approximate surface area is 246 Å². The van der Waals surface area contributed by atoms with E-state index in [0.29, 0.717) is 41.9 Å². The van der Waals surface area contributed by atoms with Gasteiger partial charge in [0.15, 0.2) is 17.3 Å². The molecule has 5 atom stereocenters. The number of anilines is 1. The number of hydrogen-bond donors (Lipinski definition) is 1. The summed E-state index contributed by atoms with van der Waals surface area (Å²) in [6.07, 6.45) is 6.23. The lowest BCUT2D eigenvalue weighted by atomic mass is 9.68. The zero-order valence-electron chi connectivity index (χ0n) is 24.6. The number of rotatable bonds is 6. The van der Waals surface area contributed by atoms with Crippen molar-refractivity contribution in [1.29, 1.82) is 5.26 Å². The molecule has 2 aliphatic carbocycles. The average Bonchev–Trinajstić information content (AvgIpc) is 3.80. The minimum Gasteiger partial charge on any atom is -0.473 e.